The van der Waals surface area contributed by atoms with E-state index in [2.05, 4.69) is 20.5 Å². The van der Waals surface area contributed by atoms with Gasteiger partial charge in [-0.05, 0) is 48.4 Å². The Hall–Kier alpha value is -3.18. The number of amides is 1. The number of aryl methyl sites for hydroxylation is 1. The molecule has 27 heavy (non-hydrogen) atoms. The molecule has 0 saturated heterocycles. The molecule has 0 aliphatic heterocycles. The zero-order valence-electron chi connectivity index (χ0n) is 14.4. The average molecular weight is 377 g/mol. The molecule has 4 aromatic rings. The third-order valence-corrected chi connectivity index (χ3v) is 4.75. The van der Waals surface area contributed by atoms with Gasteiger partial charge in [0.2, 0.25) is 5.91 Å². The molecule has 0 radical (unpaired) electrons. The van der Waals surface area contributed by atoms with Gasteiger partial charge < -0.3 is 5.32 Å². The highest BCUT2D eigenvalue weighted by molar-refractivity contribution is 6.31. The Balaban J connectivity index is 1.50. The van der Waals surface area contributed by atoms with Gasteiger partial charge in [0.25, 0.3) is 0 Å². The first kappa shape index (κ1) is 17.2. The predicted octanol–water partition coefficient (Wildman–Crippen LogP) is 4.85. The number of carbonyl (C=O) groups is 1. The number of rotatable bonds is 5. The van der Waals surface area contributed by atoms with E-state index in [-0.39, 0.29) is 5.91 Å². The first-order chi connectivity index (χ1) is 13.2. The first-order valence-electron chi connectivity index (χ1n) is 8.62. The molecule has 2 aromatic heterocycles. The Morgan fingerprint density at radius 1 is 1.07 bits per heavy atom. The zero-order chi connectivity index (χ0) is 18.6. The van der Waals surface area contributed by atoms with E-state index in [9.17, 15) is 4.79 Å². The molecule has 0 bridgehead atoms. The summed E-state index contributed by atoms with van der Waals surface area (Å²) >= 11 is 6.15. The van der Waals surface area contributed by atoms with Crippen molar-refractivity contribution in [2.75, 3.05) is 5.32 Å². The van der Waals surface area contributed by atoms with Crippen molar-refractivity contribution in [3.8, 4) is 11.3 Å². The molecule has 6 heteroatoms. The molecule has 0 atom stereocenters. The van der Waals surface area contributed by atoms with Crippen LogP contribution in [0.4, 0.5) is 5.69 Å². The van der Waals surface area contributed by atoms with Crippen LogP contribution in [0.1, 0.15) is 12.0 Å². The van der Waals surface area contributed by atoms with Crippen molar-refractivity contribution < 1.29 is 4.79 Å². The highest BCUT2D eigenvalue weighted by Gasteiger charge is 2.10. The number of benzene rings is 2. The SMILES string of the molecule is O=C(CCc1ccccc1Cl)Nc1ccc2[nH]nc(-c3ccncc3)c2c1. The monoisotopic (exact) mass is 376 g/mol. The number of carbonyl (C=O) groups excluding carboxylic acids is 1. The molecule has 2 aromatic carbocycles. The normalized spacial score (nSPS) is 10.9. The van der Waals surface area contributed by atoms with E-state index in [1.807, 2.05) is 54.6 Å². The van der Waals surface area contributed by atoms with Crippen LogP contribution in [-0.2, 0) is 11.2 Å². The molecular formula is C21H17ClN4O. The number of fused-ring (bicyclic) bond motifs is 1. The number of pyridine rings is 1. The van der Waals surface area contributed by atoms with E-state index in [4.69, 9.17) is 11.6 Å². The fourth-order valence-corrected chi connectivity index (χ4v) is 3.22. The van der Waals surface area contributed by atoms with Gasteiger partial charge in [-0.25, -0.2) is 0 Å². The van der Waals surface area contributed by atoms with E-state index in [1.165, 1.54) is 0 Å². The van der Waals surface area contributed by atoms with Crippen LogP contribution in [0.2, 0.25) is 5.02 Å². The van der Waals surface area contributed by atoms with Gasteiger partial charge in [0, 0.05) is 40.5 Å². The number of halogens is 1. The molecule has 0 spiro atoms. The number of nitrogens with one attached hydrogen (secondary N) is 2. The van der Waals surface area contributed by atoms with Crippen LogP contribution >= 0.6 is 11.6 Å². The smallest absolute Gasteiger partial charge is 0.224 e. The molecule has 0 aliphatic rings. The molecule has 0 saturated carbocycles. The van der Waals surface area contributed by atoms with Gasteiger partial charge in [0.1, 0.15) is 5.69 Å². The van der Waals surface area contributed by atoms with Crippen molar-refractivity contribution in [2.24, 2.45) is 0 Å². The largest absolute Gasteiger partial charge is 0.326 e. The summed E-state index contributed by atoms with van der Waals surface area (Å²) in [5.74, 6) is -0.0526. The van der Waals surface area contributed by atoms with Crippen LogP contribution < -0.4 is 5.32 Å². The van der Waals surface area contributed by atoms with Gasteiger partial charge in [-0.3, -0.25) is 14.9 Å². The molecule has 0 unspecified atom stereocenters. The molecule has 4 rings (SSSR count). The Labute approximate surface area is 161 Å². The topological polar surface area (TPSA) is 70.7 Å². The predicted molar refractivity (Wildman–Crippen MR) is 108 cm³/mol. The lowest BCUT2D eigenvalue weighted by molar-refractivity contribution is -0.116. The Kier molecular flexibility index (Phi) is 4.85. The summed E-state index contributed by atoms with van der Waals surface area (Å²) in [7, 11) is 0. The number of hydrogen-bond donors (Lipinski definition) is 2. The van der Waals surface area contributed by atoms with Crippen LogP contribution in [0.15, 0.2) is 67.0 Å². The number of aromatic nitrogens is 3. The molecule has 0 aliphatic carbocycles. The highest BCUT2D eigenvalue weighted by atomic mass is 35.5. The molecule has 134 valence electrons. The van der Waals surface area contributed by atoms with Gasteiger partial charge in [-0.15, -0.1) is 0 Å². The minimum atomic E-state index is -0.0526. The van der Waals surface area contributed by atoms with Crippen LogP contribution in [-0.4, -0.2) is 21.1 Å². The number of H-pyrrole nitrogens is 1. The van der Waals surface area contributed by atoms with Crippen molar-refractivity contribution >= 4 is 34.1 Å². The van der Waals surface area contributed by atoms with E-state index in [0.717, 1.165) is 33.4 Å². The fraction of sp³-hybridized carbons (Fsp3) is 0.0952. The molecule has 0 fully saturated rings. The van der Waals surface area contributed by atoms with Crippen LogP contribution in [0.3, 0.4) is 0 Å². The zero-order valence-corrected chi connectivity index (χ0v) is 15.2. The Morgan fingerprint density at radius 2 is 1.89 bits per heavy atom. The lowest BCUT2D eigenvalue weighted by atomic mass is 10.1. The lowest BCUT2D eigenvalue weighted by Gasteiger charge is -2.07. The van der Waals surface area contributed by atoms with Crippen LogP contribution in [0, 0.1) is 0 Å². The summed E-state index contributed by atoms with van der Waals surface area (Å²) in [5.41, 5.74) is 4.43. The van der Waals surface area contributed by atoms with E-state index in [1.54, 1.807) is 12.4 Å². The Morgan fingerprint density at radius 3 is 2.70 bits per heavy atom. The molecule has 1 amide bonds. The quantitative estimate of drug-likeness (QED) is 0.523. The van der Waals surface area contributed by atoms with Gasteiger partial charge in [0.05, 0.1) is 5.52 Å². The number of nitrogens with zero attached hydrogens (tertiary/aromatic N) is 2. The fourth-order valence-electron chi connectivity index (χ4n) is 2.99. The third-order valence-electron chi connectivity index (χ3n) is 4.38. The number of aromatic amines is 1. The Bertz CT molecular complexity index is 1090. The molecule has 2 heterocycles. The lowest BCUT2D eigenvalue weighted by Crippen LogP contribution is -2.12. The van der Waals surface area contributed by atoms with Crippen molar-refractivity contribution in [1.82, 2.24) is 15.2 Å². The van der Waals surface area contributed by atoms with Crippen molar-refractivity contribution in [1.29, 1.82) is 0 Å². The van der Waals surface area contributed by atoms with Crippen LogP contribution in [0.5, 0.6) is 0 Å². The molecular weight excluding hydrogens is 360 g/mol. The van der Waals surface area contributed by atoms with Gasteiger partial charge in [-0.2, -0.15) is 5.10 Å². The summed E-state index contributed by atoms with van der Waals surface area (Å²) in [6.07, 6.45) is 4.43. The van der Waals surface area contributed by atoms with Crippen molar-refractivity contribution in [3.63, 3.8) is 0 Å². The summed E-state index contributed by atoms with van der Waals surface area (Å²) in [6, 6.07) is 17.1. The third kappa shape index (κ3) is 3.83. The first-order valence-corrected chi connectivity index (χ1v) is 9.00. The second-order valence-electron chi connectivity index (χ2n) is 6.21. The summed E-state index contributed by atoms with van der Waals surface area (Å²) < 4.78 is 0. The summed E-state index contributed by atoms with van der Waals surface area (Å²) in [6.45, 7) is 0. The van der Waals surface area contributed by atoms with Crippen molar-refractivity contribution in [2.45, 2.75) is 12.8 Å². The minimum absolute atomic E-state index is 0.0526. The minimum Gasteiger partial charge on any atom is -0.326 e. The molecule has 2 N–H and O–H groups in total. The van der Waals surface area contributed by atoms with E-state index < -0.39 is 0 Å². The highest BCUT2D eigenvalue weighted by Crippen LogP contribution is 2.28. The van der Waals surface area contributed by atoms with E-state index in [0.29, 0.717) is 17.9 Å². The average Bonchev–Trinajstić information content (AvgIpc) is 3.11. The maximum Gasteiger partial charge on any atom is 0.224 e. The number of anilines is 1. The van der Waals surface area contributed by atoms with Crippen LogP contribution in [0.25, 0.3) is 22.2 Å². The molecule has 5 nitrogen and oxygen atoms in total. The standard InChI is InChI=1S/C21H17ClN4O/c22-18-4-2-1-3-14(18)5-8-20(27)24-16-6-7-19-17(13-16)21(26-25-19)15-9-11-23-12-10-15/h1-4,6-7,9-13H,5,8H2,(H,24,27)(H,25,26). The second-order valence-corrected chi connectivity index (χ2v) is 6.62. The number of hydrogen-bond acceptors (Lipinski definition) is 3. The van der Waals surface area contributed by atoms with Gasteiger partial charge >= 0.3 is 0 Å². The van der Waals surface area contributed by atoms with E-state index >= 15 is 0 Å². The summed E-state index contributed by atoms with van der Waals surface area (Å²) in [4.78, 5) is 16.4. The maximum atomic E-state index is 12.3. The second kappa shape index (κ2) is 7.60. The van der Waals surface area contributed by atoms with Crippen molar-refractivity contribution in [3.05, 3.63) is 77.6 Å². The maximum absolute atomic E-state index is 12.3. The van der Waals surface area contributed by atoms with Gasteiger partial charge in [-0.1, -0.05) is 29.8 Å². The summed E-state index contributed by atoms with van der Waals surface area (Å²) in [5, 5.41) is 12.0. The van der Waals surface area contributed by atoms with Gasteiger partial charge in [0.15, 0.2) is 0 Å².